The third-order valence-corrected chi connectivity index (χ3v) is 4.78. The lowest BCUT2D eigenvalue weighted by atomic mass is 9.92. The SMILES string of the molecule is COc1ccc([C@]2(C)NC(=O)N(N=Cc3ccccc3Br)C2=O)cc1. The van der Waals surface area contributed by atoms with E-state index in [4.69, 9.17) is 4.74 Å². The molecule has 3 rings (SSSR count). The molecular weight excluding hydrogens is 386 g/mol. The van der Waals surface area contributed by atoms with Crippen LogP contribution in [0.2, 0.25) is 0 Å². The van der Waals surface area contributed by atoms with Crippen LogP contribution in [0.4, 0.5) is 4.79 Å². The van der Waals surface area contributed by atoms with Crippen LogP contribution in [0.5, 0.6) is 5.75 Å². The molecule has 6 nitrogen and oxygen atoms in total. The average Bonchev–Trinajstić information content (AvgIpc) is 2.84. The molecule has 1 atom stereocenters. The van der Waals surface area contributed by atoms with Crippen molar-refractivity contribution in [2.24, 2.45) is 5.10 Å². The molecule has 25 heavy (non-hydrogen) atoms. The molecule has 1 N–H and O–H groups in total. The van der Waals surface area contributed by atoms with E-state index in [9.17, 15) is 9.59 Å². The molecule has 1 saturated heterocycles. The lowest BCUT2D eigenvalue weighted by Gasteiger charge is -2.21. The van der Waals surface area contributed by atoms with Crippen molar-refractivity contribution in [3.8, 4) is 5.75 Å². The first kappa shape index (κ1) is 17.2. The number of benzene rings is 2. The molecule has 3 amide bonds. The summed E-state index contributed by atoms with van der Waals surface area (Å²) in [5, 5.41) is 7.62. The lowest BCUT2D eigenvalue weighted by molar-refractivity contribution is -0.131. The van der Waals surface area contributed by atoms with Crippen molar-refractivity contribution in [1.82, 2.24) is 10.3 Å². The van der Waals surface area contributed by atoms with Crippen LogP contribution in [-0.2, 0) is 10.3 Å². The van der Waals surface area contributed by atoms with Crippen LogP contribution in [-0.4, -0.2) is 30.3 Å². The molecule has 1 aliphatic heterocycles. The lowest BCUT2D eigenvalue weighted by Crippen LogP contribution is -2.40. The van der Waals surface area contributed by atoms with Crippen molar-refractivity contribution in [2.45, 2.75) is 12.5 Å². The van der Waals surface area contributed by atoms with Crippen LogP contribution >= 0.6 is 15.9 Å². The topological polar surface area (TPSA) is 71.0 Å². The Bertz CT molecular complexity index is 851. The Kier molecular flexibility index (Phi) is 4.59. The summed E-state index contributed by atoms with van der Waals surface area (Å²) in [6, 6.07) is 13.8. The van der Waals surface area contributed by atoms with E-state index < -0.39 is 17.5 Å². The molecule has 7 heteroatoms. The fourth-order valence-corrected chi connectivity index (χ4v) is 2.94. The number of ether oxygens (including phenoxy) is 1. The zero-order chi connectivity index (χ0) is 18.0. The number of carbonyl (C=O) groups is 2. The van der Waals surface area contributed by atoms with Crippen LogP contribution < -0.4 is 10.1 Å². The Morgan fingerprint density at radius 3 is 2.48 bits per heavy atom. The van der Waals surface area contributed by atoms with Crippen LogP contribution in [0.1, 0.15) is 18.1 Å². The number of amides is 3. The number of halogens is 1. The number of imide groups is 1. The Balaban J connectivity index is 1.87. The molecule has 2 aromatic carbocycles. The van der Waals surface area contributed by atoms with E-state index in [1.165, 1.54) is 6.21 Å². The predicted octanol–water partition coefficient (Wildman–Crippen LogP) is 3.26. The summed E-state index contributed by atoms with van der Waals surface area (Å²) < 4.78 is 5.94. The molecule has 0 bridgehead atoms. The van der Waals surface area contributed by atoms with Gasteiger partial charge in [0.15, 0.2) is 0 Å². The number of nitrogens with zero attached hydrogens (tertiary/aromatic N) is 2. The zero-order valence-corrected chi connectivity index (χ0v) is 15.3. The molecule has 0 aliphatic carbocycles. The van der Waals surface area contributed by atoms with Crippen molar-refractivity contribution in [1.29, 1.82) is 0 Å². The van der Waals surface area contributed by atoms with Gasteiger partial charge in [-0.25, -0.2) is 4.79 Å². The second kappa shape index (κ2) is 6.68. The Morgan fingerprint density at radius 2 is 1.84 bits per heavy atom. The minimum absolute atomic E-state index is 0.439. The van der Waals surface area contributed by atoms with Gasteiger partial charge in [-0.05, 0) is 30.7 Å². The highest BCUT2D eigenvalue weighted by molar-refractivity contribution is 9.10. The van der Waals surface area contributed by atoms with Gasteiger partial charge in [-0.3, -0.25) is 4.79 Å². The van der Waals surface area contributed by atoms with Gasteiger partial charge >= 0.3 is 6.03 Å². The van der Waals surface area contributed by atoms with Gasteiger partial charge in [-0.1, -0.05) is 46.3 Å². The summed E-state index contributed by atoms with van der Waals surface area (Å²) in [4.78, 5) is 25.0. The molecule has 1 aliphatic rings. The second-order valence-corrected chi connectivity index (χ2v) is 6.52. The molecule has 2 aromatic rings. The highest BCUT2D eigenvalue weighted by Crippen LogP contribution is 2.30. The molecule has 0 saturated carbocycles. The largest absolute Gasteiger partial charge is 0.497 e. The normalized spacial score (nSPS) is 20.2. The summed E-state index contributed by atoms with van der Waals surface area (Å²) >= 11 is 3.40. The maximum absolute atomic E-state index is 12.8. The van der Waals surface area contributed by atoms with Crippen molar-refractivity contribution in [3.05, 3.63) is 64.1 Å². The van der Waals surface area contributed by atoms with E-state index >= 15 is 0 Å². The summed E-state index contributed by atoms with van der Waals surface area (Å²) in [7, 11) is 1.57. The fraction of sp³-hybridized carbons (Fsp3) is 0.167. The summed E-state index contributed by atoms with van der Waals surface area (Å²) in [5.41, 5.74) is 0.251. The van der Waals surface area contributed by atoms with E-state index in [1.807, 2.05) is 24.3 Å². The number of hydrogen-bond acceptors (Lipinski definition) is 4. The minimum atomic E-state index is -1.17. The minimum Gasteiger partial charge on any atom is -0.497 e. The molecule has 1 fully saturated rings. The third-order valence-electron chi connectivity index (χ3n) is 4.05. The molecule has 0 unspecified atom stereocenters. The average molecular weight is 402 g/mol. The van der Waals surface area contributed by atoms with E-state index in [0.717, 1.165) is 15.0 Å². The van der Waals surface area contributed by atoms with Crippen LogP contribution in [0.3, 0.4) is 0 Å². The van der Waals surface area contributed by atoms with Crippen molar-refractivity contribution in [3.63, 3.8) is 0 Å². The summed E-state index contributed by atoms with van der Waals surface area (Å²) in [5.74, 6) is 0.235. The number of hydrogen-bond donors (Lipinski definition) is 1. The van der Waals surface area contributed by atoms with Gasteiger partial charge < -0.3 is 10.1 Å². The number of urea groups is 1. The third kappa shape index (κ3) is 3.15. The number of methoxy groups -OCH3 is 1. The van der Waals surface area contributed by atoms with Gasteiger partial charge in [-0.15, -0.1) is 5.01 Å². The molecule has 1 heterocycles. The van der Waals surface area contributed by atoms with E-state index in [2.05, 4.69) is 26.3 Å². The number of hydrazone groups is 1. The van der Waals surface area contributed by atoms with Gasteiger partial charge in [0.1, 0.15) is 11.3 Å². The molecule has 0 spiro atoms. The van der Waals surface area contributed by atoms with Gasteiger partial charge in [0.05, 0.1) is 13.3 Å². The maximum Gasteiger partial charge on any atom is 0.346 e. The smallest absolute Gasteiger partial charge is 0.346 e. The van der Waals surface area contributed by atoms with Gasteiger partial charge in [-0.2, -0.15) is 5.10 Å². The van der Waals surface area contributed by atoms with E-state index in [0.29, 0.717) is 11.3 Å². The van der Waals surface area contributed by atoms with Gasteiger partial charge in [0, 0.05) is 10.0 Å². The summed E-state index contributed by atoms with van der Waals surface area (Å²) in [6.45, 7) is 1.66. The van der Waals surface area contributed by atoms with Crippen LogP contribution in [0, 0.1) is 0 Å². The van der Waals surface area contributed by atoms with E-state index in [-0.39, 0.29) is 0 Å². The summed E-state index contributed by atoms with van der Waals surface area (Å²) in [6.07, 6.45) is 1.47. The van der Waals surface area contributed by atoms with Crippen LogP contribution in [0.25, 0.3) is 0 Å². The second-order valence-electron chi connectivity index (χ2n) is 5.67. The van der Waals surface area contributed by atoms with E-state index in [1.54, 1.807) is 38.3 Å². The predicted molar refractivity (Wildman–Crippen MR) is 97.5 cm³/mol. The Morgan fingerprint density at radius 1 is 1.16 bits per heavy atom. The quantitative estimate of drug-likeness (QED) is 0.631. The van der Waals surface area contributed by atoms with Crippen molar-refractivity contribution >= 4 is 34.1 Å². The highest BCUT2D eigenvalue weighted by Gasteiger charge is 2.49. The van der Waals surface area contributed by atoms with Gasteiger partial charge in [0.2, 0.25) is 0 Å². The first-order valence-electron chi connectivity index (χ1n) is 7.55. The number of nitrogens with one attached hydrogen (secondary N) is 1. The van der Waals surface area contributed by atoms with Gasteiger partial charge in [0.25, 0.3) is 5.91 Å². The Hall–Kier alpha value is -2.67. The highest BCUT2D eigenvalue weighted by atomic mass is 79.9. The standard InChI is InChI=1S/C18H16BrN3O3/c1-18(13-7-9-14(25-2)10-8-13)16(23)22(17(24)21-18)20-11-12-5-3-4-6-15(12)19/h3-11H,1-2H3,(H,21,24)/t18-/m0/s1. The zero-order valence-electron chi connectivity index (χ0n) is 13.7. The first-order chi connectivity index (χ1) is 12.0. The first-order valence-corrected chi connectivity index (χ1v) is 8.35. The molecule has 128 valence electrons. The Labute approximate surface area is 153 Å². The monoisotopic (exact) mass is 401 g/mol. The van der Waals surface area contributed by atoms with Crippen LogP contribution in [0.15, 0.2) is 58.1 Å². The number of rotatable bonds is 4. The van der Waals surface area contributed by atoms with Crippen molar-refractivity contribution < 1.29 is 14.3 Å². The maximum atomic E-state index is 12.8. The fourth-order valence-electron chi connectivity index (χ4n) is 2.55. The number of carbonyl (C=O) groups excluding carboxylic acids is 2. The van der Waals surface area contributed by atoms with Crippen molar-refractivity contribution in [2.75, 3.05) is 7.11 Å². The molecule has 0 aromatic heterocycles. The molecule has 0 radical (unpaired) electrons. The molecular formula is C18H16BrN3O3.